The highest BCUT2D eigenvalue weighted by Crippen LogP contribution is 2.39. The van der Waals surface area contributed by atoms with Crippen molar-refractivity contribution >= 4 is 22.5 Å². The van der Waals surface area contributed by atoms with Crippen molar-refractivity contribution in [2.75, 3.05) is 31.7 Å². The molecule has 1 aliphatic carbocycles. The molecule has 19 heavy (non-hydrogen) atoms. The van der Waals surface area contributed by atoms with E-state index in [1.54, 1.807) is 7.11 Å². The molecule has 1 fully saturated rings. The van der Waals surface area contributed by atoms with Crippen molar-refractivity contribution in [1.29, 1.82) is 0 Å². The molecule has 0 unspecified atom stereocenters. The molecular formula is C11H19N5O2S. The molecule has 0 saturated heterocycles. The first kappa shape index (κ1) is 14.0. The van der Waals surface area contributed by atoms with Crippen molar-refractivity contribution in [3.05, 3.63) is 5.82 Å². The Labute approximate surface area is 116 Å². The van der Waals surface area contributed by atoms with E-state index in [-0.39, 0.29) is 5.84 Å². The van der Waals surface area contributed by atoms with Crippen molar-refractivity contribution in [2.45, 2.75) is 25.2 Å². The first-order valence-electron chi connectivity index (χ1n) is 6.28. The van der Waals surface area contributed by atoms with Crippen molar-refractivity contribution in [1.82, 2.24) is 9.36 Å². The van der Waals surface area contributed by atoms with Gasteiger partial charge in [-0.3, -0.25) is 0 Å². The lowest BCUT2D eigenvalue weighted by Crippen LogP contribution is -2.31. The highest BCUT2D eigenvalue weighted by molar-refractivity contribution is 7.09. The van der Waals surface area contributed by atoms with Gasteiger partial charge in [-0.2, -0.15) is 4.37 Å². The first-order chi connectivity index (χ1) is 9.24. The maximum atomic E-state index is 8.57. The average Bonchev–Trinajstić information content (AvgIpc) is 3.17. The highest BCUT2D eigenvalue weighted by atomic mass is 32.1. The minimum Gasteiger partial charge on any atom is -0.409 e. The van der Waals surface area contributed by atoms with E-state index in [2.05, 4.69) is 19.4 Å². The largest absolute Gasteiger partial charge is 0.409 e. The Morgan fingerprint density at radius 3 is 3.00 bits per heavy atom. The normalized spacial score (nSPS) is 15.7. The van der Waals surface area contributed by atoms with Gasteiger partial charge in [-0.15, -0.1) is 0 Å². The summed E-state index contributed by atoms with van der Waals surface area (Å²) < 4.78 is 9.49. The SMILES string of the molecule is COCCN(CCC(N)=NO)c1nc(C2CC2)ns1. The highest BCUT2D eigenvalue weighted by Gasteiger charge is 2.28. The van der Waals surface area contributed by atoms with Crippen molar-refractivity contribution in [3.63, 3.8) is 0 Å². The molecule has 1 heterocycles. The fraction of sp³-hybridized carbons (Fsp3) is 0.727. The van der Waals surface area contributed by atoms with Crippen LogP contribution in [0.5, 0.6) is 0 Å². The molecule has 0 bridgehead atoms. The number of nitrogens with zero attached hydrogens (tertiary/aromatic N) is 4. The Morgan fingerprint density at radius 1 is 1.58 bits per heavy atom. The van der Waals surface area contributed by atoms with E-state index in [4.69, 9.17) is 15.7 Å². The van der Waals surface area contributed by atoms with Crippen LogP contribution in [0.4, 0.5) is 5.13 Å². The molecule has 0 radical (unpaired) electrons. The summed E-state index contributed by atoms with van der Waals surface area (Å²) in [4.78, 5) is 6.62. The van der Waals surface area contributed by atoms with E-state index in [0.717, 1.165) is 11.0 Å². The second kappa shape index (κ2) is 6.67. The van der Waals surface area contributed by atoms with Gasteiger partial charge < -0.3 is 20.6 Å². The molecule has 0 aromatic carbocycles. The van der Waals surface area contributed by atoms with Crippen LogP contribution in [0.25, 0.3) is 0 Å². The summed E-state index contributed by atoms with van der Waals surface area (Å²) >= 11 is 1.40. The number of anilines is 1. The van der Waals surface area contributed by atoms with E-state index in [0.29, 0.717) is 32.0 Å². The molecule has 0 atom stereocenters. The number of oxime groups is 1. The summed E-state index contributed by atoms with van der Waals surface area (Å²) in [5.41, 5.74) is 5.50. The van der Waals surface area contributed by atoms with Gasteiger partial charge in [-0.1, -0.05) is 5.16 Å². The standard InChI is InChI=1S/C11H19N5O2S/c1-18-7-6-16(5-4-9(12)14-17)11-13-10(15-19-11)8-2-3-8/h8,17H,2-7H2,1H3,(H2,12,14). The minimum atomic E-state index is 0.217. The molecule has 106 valence electrons. The Balaban J connectivity index is 1.97. The Morgan fingerprint density at radius 2 is 2.37 bits per heavy atom. The molecule has 8 heteroatoms. The fourth-order valence-electron chi connectivity index (χ4n) is 1.67. The van der Waals surface area contributed by atoms with Gasteiger partial charge in [0.25, 0.3) is 0 Å². The predicted octanol–water partition coefficient (Wildman–Crippen LogP) is 1.00. The summed E-state index contributed by atoms with van der Waals surface area (Å²) in [5, 5.41) is 12.4. The average molecular weight is 285 g/mol. The third kappa shape index (κ3) is 4.03. The minimum absolute atomic E-state index is 0.217. The zero-order valence-corrected chi connectivity index (χ0v) is 11.8. The van der Waals surface area contributed by atoms with Crippen molar-refractivity contribution in [2.24, 2.45) is 10.9 Å². The topological polar surface area (TPSA) is 96.9 Å². The Hall–Kier alpha value is -1.41. The van der Waals surface area contributed by atoms with Crippen LogP contribution in [0.1, 0.15) is 31.0 Å². The number of ether oxygens (including phenoxy) is 1. The molecule has 1 aromatic heterocycles. The van der Waals surface area contributed by atoms with Gasteiger partial charge in [0.05, 0.1) is 6.61 Å². The third-order valence-electron chi connectivity index (χ3n) is 2.98. The van der Waals surface area contributed by atoms with E-state index >= 15 is 0 Å². The molecule has 1 aromatic rings. The third-order valence-corrected chi connectivity index (χ3v) is 3.77. The van der Waals surface area contributed by atoms with E-state index < -0.39 is 0 Å². The van der Waals surface area contributed by atoms with Crippen LogP contribution in [0.2, 0.25) is 0 Å². The summed E-state index contributed by atoms with van der Waals surface area (Å²) in [5.74, 6) is 1.72. The number of rotatable bonds is 8. The zero-order valence-electron chi connectivity index (χ0n) is 10.9. The Kier molecular flexibility index (Phi) is 4.92. The lowest BCUT2D eigenvalue weighted by atomic mass is 10.3. The van der Waals surface area contributed by atoms with Crippen LogP contribution in [0, 0.1) is 0 Å². The van der Waals surface area contributed by atoms with Crippen LogP contribution in [-0.4, -0.2) is 47.2 Å². The molecule has 1 saturated carbocycles. The van der Waals surface area contributed by atoms with Gasteiger partial charge in [0.15, 0.2) is 0 Å². The van der Waals surface area contributed by atoms with E-state index in [1.165, 1.54) is 24.4 Å². The molecule has 7 nitrogen and oxygen atoms in total. The van der Waals surface area contributed by atoms with Gasteiger partial charge in [0, 0.05) is 44.1 Å². The van der Waals surface area contributed by atoms with Gasteiger partial charge in [0.1, 0.15) is 11.7 Å². The fourth-order valence-corrected chi connectivity index (χ4v) is 2.46. The molecular weight excluding hydrogens is 266 g/mol. The summed E-state index contributed by atoms with van der Waals surface area (Å²) in [7, 11) is 1.66. The van der Waals surface area contributed by atoms with Crippen molar-refractivity contribution in [3.8, 4) is 0 Å². The number of aromatic nitrogens is 2. The van der Waals surface area contributed by atoms with Crippen molar-refractivity contribution < 1.29 is 9.94 Å². The molecule has 1 aliphatic rings. The first-order valence-corrected chi connectivity index (χ1v) is 7.05. The van der Waals surface area contributed by atoms with Crippen LogP contribution >= 0.6 is 11.5 Å². The van der Waals surface area contributed by atoms with Gasteiger partial charge in [-0.25, -0.2) is 4.98 Å². The smallest absolute Gasteiger partial charge is 0.205 e. The maximum Gasteiger partial charge on any atom is 0.205 e. The Bertz CT molecular complexity index is 432. The van der Waals surface area contributed by atoms with Gasteiger partial charge in [0.2, 0.25) is 5.13 Å². The number of methoxy groups -OCH3 is 1. The molecule has 0 amide bonds. The van der Waals surface area contributed by atoms with Crippen LogP contribution < -0.4 is 10.6 Å². The summed E-state index contributed by atoms with van der Waals surface area (Å²) in [6.07, 6.45) is 2.87. The number of hydrogen-bond donors (Lipinski definition) is 2. The number of hydrogen-bond acceptors (Lipinski definition) is 7. The molecule has 2 rings (SSSR count). The van der Waals surface area contributed by atoms with Crippen LogP contribution in [0.3, 0.4) is 0 Å². The van der Waals surface area contributed by atoms with Crippen LogP contribution in [0.15, 0.2) is 5.16 Å². The lowest BCUT2D eigenvalue weighted by molar-refractivity contribution is 0.205. The molecule has 0 spiro atoms. The zero-order chi connectivity index (χ0) is 13.7. The number of nitrogens with two attached hydrogens (primary N) is 1. The second-order valence-electron chi connectivity index (χ2n) is 4.53. The molecule has 0 aliphatic heterocycles. The second-order valence-corrected chi connectivity index (χ2v) is 5.26. The lowest BCUT2D eigenvalue weighted by Gasteiger charge is -2.20. The quantitative estimate of drug-likeness (QED) is 0.320. The number of amidine groups is 1. The maximum absolute atomic E-state index is 8.57. The van der Waals surface area contributed by atoms with Crippen LogP contribution in [-0.2, 0) is 4.74 Å². The molecule has 3 N–H and O–H groups in total. The predicted molar refractivity (Wildman–Crippen MR) is 74.0 cm³/mol. The summed E-state index contributed by atoms with van der Waals surface area (Å²) in [6, 6.07) is 0. The van der Waals surface area contributed by atoms with E-state index in [9.17, 15) is 0 Å². The van der Waals surface area contributed by atoms with Gasteiger partial charge >= 0.3 is 0 Å². The monoisotopic (exact) mass is 285 g/mol. The van der Waals surface area contributed by atoms with Gasteiger partial charge in [-0.05, 0) is 12.8 Å². The van der Waals surface area contributed by atoms with E-state index in [1.807, 2.05) is 0 Å². The summed E-state index contributed by atoms with van der Waals surface area (Å²) in [6.45, 7) is 1.96.